The van der Waals surface area contributed by atoms with Crippen LogP contribution in [-0.4, -0.2) is 6.54 Å². The Morgan fingerprint density at radius 2 is 1.40 bits per heavy atom. The Kier molecular flexibility index (Phi) is 5.89. The third kappa shape index (κ3) is 4.91. The SMILES string of the molecule is NCCCc1cccc(CC#CCc2ccccc2)c1. The van der Waals surface area contributed by atoms with E-state index in [1.165, 1.54) is 16.7 Å². The minimum Gasteiger partial charge on any atom is -0.330 e. The minimum atomic E-state index is 0.751. The Labute approximate surface area is 121 Å². The lowest BCUT2D eigenvalue weighted by atomic mass is 10.0. The number of aryl methyl sites for hydroxylation is 1. The zero-order chi connectivity index (χ0) is 14.0. The van der Waals surface area contributed by atoms with Crippen molar-refractivity contribution in [2.75, 3.05) is 6.54 Å². The summed E-state index contributed by atoms with van der Waals surface area (Å²) in [5.74, 6) is 6.50. The normalized spacial score (nSPS) is 9.85. The molecule has 0 heterocycles. The van der Waals surface area contributed by atoms with E-state index in [1.807, 2.05) is 6.07 Å². The van der Waals surface area contributed by atoms with Gasteiger partial charge in [0, 0.05) is 12.8 Å². The molecule has 0 aliphatic rings. The fourth-order valence-corrected chi connectivity index (χ4v) is 2.13. The highest BCUT2D eigenvalue weighted by Crippen LogP contribution is 2.08. The molecule has 0 aliphatic heterocycles. The standard InChI is InChI=1S/C19H21N/c20-15-7-14-19-13-6-12-18(16-19)11-5-4-10-17-8-2-1-3-9-17/h1-3,6,8-9,12-13,16H,7,10-11,14-15,20H2. The summed E-state index contributed by atoms with van der Waals surface area (Å²) in [6.07, 6.45) is 3.75. The Morgan fingerprint density at radius 1 is 0.750 bits per heavy atom. The zero-order valence-corrected chi connectivity index (χ0v) is 11.8. The lowest BCUT2D eigenvalue weighted by Crippen LogP contribution is -2.00. The van der Waals surface area contributed by atoms with Gasteiger partial charge in [-0.15, -0.1) is 0 Å². The third-order valence-corrected chi connectivity index (χ3v) is 3.21. The van der Waals surface area contributed by atoms with Crippen LogP contribution in [0.15, 0.2) is 54.6 Å². The predicted octanol–water partition coefficient (Wildman–Crippen LogP) is 3.37. The van der Waals surface area contributed by atoms with Crippen molar-refractivity contribution in [3.63, 3.8) is 0 Å². The van der Waals surface area contributed by atoms with Gasteiger partial charge in [-0.3, -0.25) is 0 Å². The average Bonchev–Trinajstić information content (AvgIpc) is 2.51. The zero-order valence-electron chi connectivity index (χ0n) is 11.8. The van der Waals surface area contributed by atoms with E-state index in [0.717, 1.165) is 32.2 Å². The van der Waals surface area contributed by atoms with E-state index in [-0.39, 0.29) is 0 Å². The summed E-state index contributed by atoms with van der Waals surface area (Å²) in [5.41, 5.74) is 9.47. The maximum atomic E-state index is 5.55. The highest BCUT2D eigenvalue weighted by atomic mass is 14.5. The molecule has 102 valence electrons. The first-order chi connectivity index (χ1) is 9.88. The van der Waals surface area contributed by atoms with Crippen LogP contribution >= 0.6 is 0 Å². The van der Waals surface area contributed by atoms with Crippen molar-refractivity contribution in [1.82, 2.24) is 0 Å². The van der Waals surface area contributed by atoms with Gasteiger partial charge in [0.15, 0.2) is 0 Å². The molecular formula is C19H21N. The lowest BCUT2D eigenvalue weighted by molar-refractivity contribution is 0.831. The van der Waals surface area contributed by atoms with Gasteiger partial charge in [-0.1, -0.05) is 66.4 Å². The van der Waals surface area contributed by atoms with Gasteiger partial charge >= 0.3 is 0 Å². The van der Waals surface area contributed by atoms with Gasteiger partial charge in [0.1, 0.15) is 0 Å². The predicted molar refractivity (Wildman–Crippen MR) is 85.4 cm³/mol. The molecule has 0 amide bonds. The molecular weight excluding hydrogens is 242 g/mol. The lowest BCUT2D eigenvalue weighted by Gasteiger charge is -2.02. The first kappa shape index (κ1) is 14.4. The van der Waals surface area contributed by atoms with Crippen LogP contribution in [0.4, 0.5) is 0 Å². The molecule has 0 radical (unpaired) electrons. The summed E-state index contributed by atoms with van der Waals surface area (Å²) in [4.78, 5) is 0. The summed E-state index contributed by atoms with van der Waals surface area (Å²) >= 11 is 0. The van der Waals surface area contributed by atoms with Crippen molar-refractivity contribution in [3.8, 4) is 11.8 Å². The van der Waals surface area contributed by atoms with Crippen LogP contribution in [0.1, 0.15) is 23.1 Å². The second kappa shape index (κ2) is 8.19. The second-order valence-corrected chi connectivity index (χ2v) is 4.90. The van der Waals surface area contributed by atoms with E-state index < -0.39 is 0 Å². The molecule has 2 aromatic carbocycles. The van der Waals surface area contributed by atoms with Crippen molar-refractivity contribution in [3.05, 3.63) is 71.3 Å². The molecule has 2 aromatic rings. The molecule has 0 atom stereocenters. The van der Waals surface area contributed by atoms with Crippen molar-refractivity contribution < 1.29 is 0 Å². The van der Waals surface area contributed by atoms with Crippen LogP contribution in [-0.2, 0) is 19.3 Å². The summed E-state index contributed by atoms with van der Waals surface area (Å²) < 4.78 is 0. The molecule has 1 nitrogen and oxygen atoms in total. The van der Waals surface area contributed by atoms with Crippen molar-refractivity contribution in [1.29, 1.82) is 0 Å². The van der Waals surface area contributed by atoms with Gasteiger partial charge in [0.2, 0.25) is 0 Å². The first-order valence-corrected chi connectivity index (χ1v) is 7.16. The average molecular weight is 263 g/mol. The molecule has 1 heteroatoms. The molecule has 20 heavy (non-hydrogen) atoms. The molecule has 0 aliphatic carbocycles. The summed E-state index contributed by atoms with van der Waals surface area (Å²) in [5, 5.41) is 0. The highest BCUT2D eigenvalue weighted by Gasteiger charge is 1.94. The largest absolute Gasteiger partial charge is 0.330 e. The highest BCUT2D eigenvalue weighted by molar-refractivity contribution is 5.28. The molecule has 2 rings (SSSR count). The van der Waals surface area contributed by atoms with Crippen LogP contribution in [0, 0.1) is 11.8 Å². The van der Waals surface area contributed by atoms with E-state index in [2.05, 4.69) is 60.4 Å². The van der Waals surface area contributed by atoms with Crippen molar-refractivity contribution >= 4 is 0 Å². The molecule has 2 N–H and O–H groups in total. The summed E-state index contributed by atoms with van der Waals surface area (Å²) in [7, 11) is 0. The summed E-state index contributed by atoms with van der Waals surface area (Å²) in [6.45, 7) is 0.751. The summed E-state index contributed by atoms with van der Waals surface area (Å²) in [6, 6.07) is 19.0. The van der Waals surface area contributed by atoms with Gasteiger partial charge in [-0.05, 0) is 36.1 Å². The van der Waals surface area contributed by atoms with Crippen LogP contribution in [0.2, 0.25) is 0 Å². The quantitative estimate of drug-likeness (QED) is 0.822. The number of nitrogens with two attached hydrogens (primary N) is 1. The number of hydrogen-bond donors (Lipinski definition) is 1. The van der Waals surface area contributed by atoms with Crippen LogP contribution in [0.3, 0.4) is 0 Å². The second-order valence-electron chi connectivity index (χ2n) is 4.90. The minimum absolute atomic E-state index is 0.751. The van der Waals surface area contributed by atoms with E-state index >= 15 is 0 Å². The van der Waals surface area contributed by atoms with E-state index in [0.29, 0.717) is 0 Å². The van der Waals surface area contributed by atoms with Gasteiger partial charge < -0.3 is 5.73 Å². The Bertz CT molecular complexity index is 575. The molecule has 0 saturated carbocycles. The van der Waals surface area contributed by atoms with Crippen LogP contribution in [0.25, 0.3) is 0 Å². The maximum absolute atomic E-state index is 5.55. The van der Waals surface area contributed by atoms with Gasteiger partial charge in [0.05, 0.1) is 0 Å². The van der Waals surface area contributed by atoms with Gasteiger partial charge in [-0.2, -0.15) is 0 Å². The fraction of sp³-hybridized carbons (Fsp3) is 0.263. The molecule has 0 fully saturated rings. The van der Waals surface area contributed by atoms with Crippen LogP contribution in [0.5, 0.6) is 0 Å². The number of hydrogen-bond acceptors (Lipinski definition) is 1. The topological polar surface area (TPSA) is 26.0 Å². The molecule has 0 saturated heterocycles. The third-order valence-electron chi connectivity index (χ3n) is 3.21. The van der Waals surface area contributed by atoms with Gasteiger partial charge in [0.25, 0.3) is 0 Å². The maximum Gasteiger partial charge on any atom is 0.0340 e. The molecule has 0 bridgehead atoms. The molecule has 0 unspecified atom stereocenters. The van der Waals surface area contributed by atoms with E-state index in [9.17, 15) is 0 Å². The fourth-order valence-electron chi connectivity index (χ4n) is 2.13. The van der Waals surface area contributed by atoms with Crippen LogP contribution < -0.4 is 5.73 Å². The Balaban J connectivity index is 1.88. The Morgan fingerprint density at radius 3 is 2.15 bits per heavy atom. The number of rotatable bonds is 5. The smallest absolute Gasteiger partial charge is 0.0340 e. The van der Waals surface area contributed by atoms with Crippen molar-refractivity contribution in [2.24, 2.45) is 5.73 Å². The molecule has 0 aromatic heterocycles. The first-order valence-electron chi connectivity index (χ1n) is 7.16. The number of benzene rings is 2. The van der Waals surface area contributed by atoms with Gasteiger partial charge in [-0.25, -0.2) is 0 Å². The van der Waals surface area contributed by atoms with E-state index in [1.54, 1.807) is 0 Å². The monoisotopic (exact) mass is 263 g/mol. The molecule has 0 spiro atoms. The van der Waals surface area contributed by atoms with Crippen molar-refractivity contribution in [2.45, 2.75) is 25.7 Å². The Hall–Kier alpha value is -2.04. The van der Waals surface area contributed by atoms with E-state index in [4.69, 9.17) is 5.73 Å².